The lowest BCUT2D eigenvalue weighted by atomic mass is 9.42. The van der Waals surface area contributed by atoms with Crippen LogP contribution in [0.3, 0.4) is 0 Å². The molecule has 0 amide bonds. The highest BCUT2D eigenvalue weighted by Crippen LogP contribution is 2.89. The topological polar surface area (TPSA) is 36.1 Å². The molecule has 0 heterocycles. The van der Waals surface area contributed by atoms with Gasteiger partial charge in [-0.2, -0.15) is 0 Å². The molecule has 2 spiro atoms. The summed E-state index contributed by atoms with van der Waals surface area (Å²) in [5, 5.41) is 7.28. The standard InChI is InChI=1S/C27H48IN3/c1-17(30-7)22-18(15-29-6)14-25(5)20-9-8-19-23(2,3)21(31-28)10-11-26(19)16-27(20,26)13-12-24(22,25)4/h17-22,29-31H,8-16H2,1-7H3/t17?,18-,19-,20-,21-,22?,24+,25-,26+,27-/m0/s1. The molecule has 0 saturated heterocycles. The van der Waals surface area contributed by atoms with Crippen LogP contribution < -0.4 is 14.2 Å². The summed E-state index contributed by atoms with van der Waals surface area (Å²) in [4.78, 5) is 0. The molecule has 3 N–H and O–H groups in total. The molecular formula is C27H48IN3. The fourth-order valence-electron chi connectivity index (χ4n) is 11.5. The van der Waals surface area contributed by atoms with E-state index >= 15 is 0 Å². The number of hydrogen-bond donors (Lipinski definition) is 3. The van der Waals surface area contributed by atoms with Gasteiger partial charge < -0.3 is 10.6 Å². The molecule has 178 valence electrons. The van der Waals surface area contributed by atoms with Gasteiger partial charge in [0, 0.05) is 34.9 Å². The summed E-state index contributed by atoms with van der Waals surface area (Å²) in [6.07, 6.45) is 11.8. The van der Waals surface area contributed by atoms with Crippen molar-refractivity contribution in [1.82, 2.24) is 14.2 Å². The van der Waals surface area contributed by atoms with Gasteiger partial charge in [-0.05, 0) is 130 Å². The molecule has 0 aromatic carbocycles. The summed E-state index contributed by atoms with van der Waals surface area (Å²) >= 11 is 2.43. The predicted molar refractivity (Wildman–Crippen MR) is 139 cm³/mol. The van der Waals surface area contributed by atoms with Gasteiger partial charge in [0.05, 0.1) is 0 Å². The van der Waals surface area contributed by atoms with Crippen LogP contribution in [0, 0.1) is 50.7 Å². The largest absolute Gasteiger partial charge is 0.319 e. The van der Waals surface area contributed by atoms with Crippen LogP contribution in [0.25, 0.3) is 0 Å². The van der Waals surface area contributed by atoms with Crippen LogP contribution in [0.1, 0.15) is 86.0 Å². The van der Waals surface area contributed by atoms with Crippen LogP contribution >= 0.6 is 22.9 Å². The highest BCUT2D eigenvalue weighted by Gasteiger charge is 2.82. The molecule has 0 aromatic rings. The predicted octanol–water partition coefficient (Wildman–Crippen LogP) is 5.79. The molecule has 0 bridgehead atoms. The number of rotatable bonds is 5. The Balaban J connectivity index is 1.52. The van der Waals surface area contributed by atoms with E-state index in [0.29, 0.717) is 39.2 Å². The molecule has 5 rings (SSSR count). The molecule has 0 radical (unpaired) electrons. The average molecular weight is 542 g/mol. The van der Waals surface area contributed by atoms with E-state index in [0.717, 1.165) is 23.7 Å². The van der Waals surface area contributed by atoms with Crippen molar-refractivity contribution in [2.24, 2.45) is 50.7 Å². The smallest absolute Gasteiger partial charge is 0.0217 e. The summed E-state index contributed by atoms with van der Waals surface area (Å²) < 4.78 is 3.68. The van der Waals surface area contributed by atoms with Crippen LogP contribution in [0.2, 0.25) is 0 Å². The van der Waals surface area contributed by atoms with E-state index < -0.39 is 0 Å². The van der Waals surface area contributed by atoms with Crippen LogP contribution in [0.15, 0.2) is 0 Å². The van der Waals surface area contributed by atoms with Gasteiger partial charge in [0.2, 0.25) is 0 Å². The Labute approximate surface area is 205 Å². The van der Waals surface area contributed by atoms with Crippen molar-refractivity contribution < 1.29 is 0 Å². The van der Waals surface area contributed by atoms with E-state index in [1.54, 1.807) is 6.42 Å². The molecule has 3 nitrogen and oxygen atoms in total. The van der Waals surface area contributed by atoms with Gasteiger partial charge in [-0.1, -0.05) is 27.7 Å². The maximum atomic E-state index is 3.69. The molecule has 5 fully saturated rings. The maximum Gasteiger partial charge on any atom is 0.0217 e. The van der Waals surface area contributed by atoms with E-state index in [-0.39, 0.29) is 0 Å². The summed E-state index contributed by atoms with van der Waals surface area (Å²) in [5.74, 6) is 3.46. The summed E-state index contributed by atoms with van der Waals surface area (Å²) in [7, 11) is 4.35. The highest BCUT2D eigenvalue weighted by atomic mass is 127. The quantitative estimate of drug-likeness (QED) is 0.305. The minimum absolute atomic E-state index is 0.434. The third-order valence-electron chi connectivity index (χ3n) is 12.9. The number of nitrogens with one attached hydrogen (secondary N) is 3. The summed E-state index contributed by atoms with van der Waals surface area (Å²) in [6, 6.07) is 1.29. The third kappa shape index (κ3) is 2.68. The lowest BCUT2D eigenvalue weighted by Crippen LogP contribution is -2.59. The van der Waals surface area contributed by atoms with Gasteiger partial charge in [-0.3, -0.25) is 3.53 Å². The lowest BCUT2D eigenvalue weighted by Gasteiger charge is -2.63. The second-order valence-corrected chi connectivity index (χ2v) is 14.3. The third-order valence-corrected chi connectivity index (χ3v) is 13.7. The number of hydrogen-bond acceptors (Lipinski definition) is 3. The summed E-state index contributed by atoms with van der Waals surface area (Å²) in [6.45, 7) is 14.3. The van der Waals surface area contributed by atoms with E-state index in [9.17, 15) is 0 Å². The number of fused-ring (bicyclic) bond motifs is 2. The minimum Gasteiger partial charge on any atom is -0.319 e. The van der Waals surface area contributed by atoms with E-state index in [4.69, 9.17) is 0 Å². The first-order chi connectivity index (χ1) is 14.6. The van der Waals surface area contributed by atoms with Crippen molar-refractivity contribution in [3.63, 3.8) is 0 Å². The lowest BCUT2D eigenvalue weighted by molar-refractivity contribution is -0.142. The molecule has 5 saturated carbocycles. The molecular weight excluding hydrogens is 493 g/mol. The van der Waals surface area contributed by atoms with Crippen molar-refractivity contribution in [3.05, 3.63) is 0 Å². The van der Waals surface area contributed by atoms with Gasteiger partial charge in [0.1, 0.15) is 0 Å². The maximum absolute atomic E-state index is 3.69. The monoisotopic (exact) mass is 541 g/mol. The zero-order valence-electron chi connectivity index (χ0n) is 21.2. The Morgan fingerprint density at radius 1 is 0.903 bits per heavy atom. The van der Waals surface area contributed by atoms with Gasteiger partial charge in [-0.15, -0.1) is 0 Å². The number of halogens is 1. The van der Waals surface area contributed by atoms with Crippen LogP contribution in [-0.4, -0.2) is 32.7 Å². The van der Waals surface area contributed by atoms with Crippen LogP contribution in [0.5, 0.6) is 0 Å². The van der Waals surface area contributed by atoms with E-state index in [2.05, 4.69) is 85.7 Å². The normalized spacial score (nSPS) is 55.5. The van der Waals surface area contributed by atoms with Crippen molar-refractivity contribution in [2.45, 2.75) is 98.1 Å². The van der Waals surface area contributed by atoms with Gasteiger partial charge in [0.15, 0.2) is 0 Å². The zero-order valence-corrected chi connectivity index (χ0v) is 23.4. The van der Waals surface area contributed by atoms with Crippen molar-refractivity contribution in [1.29, 1.82) is 0 Å². The SMILES string of the molecule is CNC[C@@H]1C[C@@]2(C)[C@@H]3CC[C@H]4C(C)(C)[C@@H](NI)CC[C@@]45C[C@@]35CC[C@]2(C)C1C(C)NC. The second kappa shape index (κ2) is 7.31. The van der Waals surface area contributed by atoms with E-state index in [1.165, 1.54) is 51.5 Å². The molecule has 5 aliphatic carbocycles. The Bertz CT molecular complexity index is 725. The molecule has 0 aliphatic heterocycles. The fourth-order valence-corrected chi connectivity index (χ4v) is 12.6. The highest BCUT2D eigenvalue weighted by molar-refractivity contribution is 14.1. The van der Waals surface area contributed by atoms with Crippen molar-refractivity contribution in [2.75, 3.05) is 20.6 Å². The van der Waals surface area contributed by atoms with Gasteiger partial charge in [0.25, 0.3) is 0 Å². The second-order valence-electron chi connectivity index (χ2n) is 13.7. The first-order valence-corrected chi connectivity index (χ1v) is 14.3. The molecule has 5 aliphatic rings. The Morgan fingerprint density at radius 3 is 2.23 bits per heavy atom. The molecule has 2 unspecified atom stereocenters. The molecule has 31 heavy (non-hydrogen) atoms. The minimum atomic E-state index is 0.434. The average Bonchev–Trinajstić information content (AvgIpc) is 3.32. The van der Waals surface area contributed by atoms with Gasteiger partial charge >= 0.3 is 0 Å². The Hall–Kier alpha value is 0.610. The van der Waals surface area contributed by atoms with Crippen LogP contribution in [-0.2, 0) is 0 Å². The first-order valence-electron chi connectivity index (χ1n) is 13.3. The van der Waals surface area contributed by atoms with Gasteiger partial charge in [-0.25, -0.2) is 0 Å². The fraction of sp³-hybridized carbons (Fsp3) is 1.00. The van der Waals surface area contributed by atoms with E-state index in [1.807, 2.05) is 0 Å². The zero-order chi connectivity index (χ0) is 22.4. The Morgan fingerprint density at radius 2 is 1.58 bits per heavy atom. The van der Waals surface area contributed by atoms with Crippen molar-refractivity contribution in [3.8, 4) is 0 Å². The molecule has 0 aromatic heterocycles. The molecule has 10 atom stereocenters. The molecule has 4 heteroatoms. The Kier molecular flexibility index (Phi) is 5.50. The first kappa shape index (κ1) is 23.4. The van der Waals surface area contributed by atoms with Crippen molar-refractivity contribution >= 4 is 22.9 Å². The summed E-state index contributed by atoms with van der Waals surface area (Å²) in [5.41, 5.74) is 2.74. The van der Waals surface area contributed by atoms with Crippen LogP contribution in [0.4, 0.5) is 0 Å².